The second-order valence-electron chi connectivity index (χ2n) is 15.2. The molecular weight excluding hydrogens is 739 g/mol. The maximum absolute atomic E-state index is 15.5. The van der Waals surface area contributed by atoms with Crippen molar-refractivity contribution in [1.29, 1.82) is 0 Å². The maximum atomic E-state index is 15.5. The second kappa shape index (κ2) is 13.0. The summed E-state index contributed by atoms with van der Waals surface area (Å²) in [5.74, 6) is 0. The number of hydrogen-bond donors (Lipinski definition) is 0. The summed E-state index contributed by atoms with van der Waals surface area (Å²) < 4.78 is 25.5. The predicted molar refractivity (Wildman–Crippen MR) is 245 cm³/mol. The van der Waals surface area contributed by atoms with E-state index in [1.165, 1.54) is 21.7 Å². The van der Waals surface area contributed by atoms with Crippen molar-refractivity contribution < 1.29 is 4.21 Å². The summed E-state index contributed by atoms with van der Waals surface area (Å²) in [5, 5.41) is 4.72. The van der Waals surface area contributed by atoms with Gasteiger partial charge in [-0.1, -0.05) is 121 Å². The minimum atomic E-state index is -3.02. The van der Waals surface area contributed by atoms with Crippen LogP contribution in [0.4, 0.5) is 5.69 Å². The van der Waals surface area contributed by atoms with Gasteiger partial charge in [0, 0.05) is 49.6 Å². The van der Waals surface area contributed by atoms with E-state index in [1.54, 1.807) is 0 Å². The molecule has 0 amide bonds. The Labute approximate surface area is 342 Å². The molecule has 5 heteroatoms. The molecule has 9 aromatic carbocycles. The van der Waals surface area contributed by atoms with E-state index in [4.69, 9.17) is 4.36 Å². The van der Waals surface area contributed by atoms with E-state index in [-0.39, 0.29) is 0 Å². The van der Waals surface area contributed by atoms with Crippen LogP contribution in [0, 0.1) is 0 Å². The van der Waals surface area contributed by atoms with Crippen molar-refractivity contribution in [3.63, 3.8) is 0 Å². The lowest BCUT2D eigenvalue weighted by Gasteiger charge is -2.24. The normalized spacial score (nSPS) is 14.7. The number of aromatic nitrogens is 2. The smallest absolute Gasteiger partial charge is 0.109 e. The quantitative estimate of drug-likeness (QED) is 0.172. The molecule has 1 unspecified atom stereocenters. The van der Waals surface area contributed by atoms with Crippen LogP contribution in [0.5, 0.6) is 0 Å². The Morgan fingerprint density at radius 2 is 0.831 bits per heavy atom. The molecule has 0 fully saturated rings. The second-order valence-corrected chi connectivity index (χ2v) is 17.3. The van der Waals surface area contributed by atoms with Crippen molar-refractivity contribution in [3.8, 4) is 44.8 Å². The molecule has 1 aliphatic rings. The lowest BCUT2D eigenvalue weighted by molar-refractivity contribution is 0.676. The van der Waals surface area contributed by atoms with Crippen LogP contribution in [-0.4, -0.2) is 13.3 Å². The Hall–Kier alpha value is -7.47. The van der Waals surface area contributed by atoms with Crippen LogP contribution in [0.25, 0.3) is 88.4 Å². The molecule has 1 atom stereocenters. The number of para-hydroxylation sites is 4. The molecular formula is C54H35N3OS. The molecule has 0 N–H and O–H groups in total. The van der Waals surface area contributed by atoms with Crippen LogP contribution in [-0.2, 0) is 9.73 Å². The van der Waals surface area contributed by atoms with Crippen molar-refractivity contribution in [1.82, 2.24) is 9.13 Å². The molecule has 11 aromatic rings. The molecule has 0 saturated carbocycles. The van der Waals surface area contributed by atoms with Crippen molar-refractivity contribution >= 4 is 59.0 Å². The third-order valence-electron chi connectivity index (χ3n) is 11.9. The van der Waals surface area contributed by atoms with Gasteiger partial charge in [0.25, 0.3) is 0 Å². The fourth-order valence-electron chi connectivity index (χ4n) is 9.22. The Morgan fingerprint density at radius 1 is 0.356 bits per heavy atom. The van der Waals surface area contributed by atoms with Gasteiger partial charge in [-0.3, -0.25) is 0 Å². The zero-order chi connectivity index (χ0) is 39.1. The Balaban J connectivity index is 1.15. The van der Waals surface area contributed by atoms with Gasteiger partial charge in [-0.15, -0.1) is 0 Å². The zero-order valence-electron chi connectivity index (χ0n) is 31.9. The largest absolute Gasteiger partial charge is 0.309 e. The molecule has 12 rings (SSSR count). The summed E-state index contributed by atoms with van der Waals surface area (Å²) in [6, 6.07) is 74.3. The molecule has 1 aliphatic heterocycles. The molecule has 2 aromatic heterocycles. The summed E-state index contributed by atoms with van der Waals surface area (Å²) >= 11 is 0. The molecule has 3 heterocycles. The highest BCUT2D eigenvalue weighted by atomic mass is 32.2. The zero-order valence-corrected chi connectivity index (χ0v) is 32.7. The van der Waals surface area contributed by atoms with Crippen LogP contribution < -0.4 is 0 Å². The maximum Gasteiger partial charge on any atom is 0.109 e. The van der Waals surface area contributed by atoms with Gasteiger partial charge in [-0.2, -0.15) is 4.36 Å². The van der Waals surface area contributed by atoms with Crippen molar-refractivity contribution in [2.45, 2.75) is 9.79 Å². The van der Waals surface area contributed by atoms with Gasteiger partial charge in [0.15, 0.2) is 0 Å². The number of nitrogens with zero attached hydrogens (tertiary/aromatic N) is 3. The van der Waals surface area contributed by atoms with Gasteiger partial charge in [-0.25, -0.2) is 4.21 Å². The molecule has 0 spiro atoms. The lowest BCUT2D eigenvalue weighted by atomic mass is 9.90. The van der Waals surface area contributed by atoms with Crippen LogP contribution >= 0.6 is 0 Å². The van der Waals surface area contributed by atoms with Crippen molar-refractivity contribution in [3.05, 3.63) is 212 Å². The van der Waals surface area contributed by atoms with Crippen molar-refractivity contribution in [2.24, 2.45) is 4.36 Å². The minimum Gasteiger partial charge on any atom is -0.309 e. The average molecular weight is 774 g/mol. The molecule has 278 valence electrons. The number of fused-ring (bicyclic) bond motifs is 9. The van der Waals surface area contributed by atoms with E-state index >= 15 is 4.21 Å². The van der Waals surface area contributed by atoms with E-state index < -0.39 is 9.73 Å². The Morgan fingerprint density at radius 3 is 1.46 bits per heavy atom. The molecule has 4 nitrogen and oxygen atoms in total. The summed E-state index contributed by atoms with van der Waals surface area (Å²) in [6.45, 7) is 0. The van der Waals surface area contributed by atoms with E-state index in [2.05, 4.69) is 173 Å². The first-order valence-corrected chi connectivity index (χ1v) is 21.4. The van der Waals surface area contributed by atoms with Gasteiger partial charge >= 0.3 is 0 Å². The first kappa shape index (κ1) is 33.6. The van der Waals surface area contributed by atoms with Crippen LogP contribution in [0.1, 0.15) is 0 Å². The van der Waals surface area contributed by atoms with Gasteiger partial charge in [0.1, 0.15) is 9.73 Å². The lowest BCUT2D eigenvalue weighted by Crippen LogP contribution is -2.08. The molecule has 0 bridgehead atoms. The first-order chi connectivity index (χ1) is 29.1. The number of rotatable bonds is 5. The third-order valence-corrected chi connectivity index (χ3v) is 14.2. The van der Waals surface area contributed by atoms with Gasteiger partial charge in [0.05, 0.1) is 37.5 Å². The Bertz CT molecular complexity index is 3590. The first-order valence-electron chi connectivity index (χ1n) is 19.9. The highest BCUT2D eigenvalue weighted by Gasteiger charge is 2.29. The highest BCUT2D eigenvalue weighted by molar-refractivity contribution is 7.94. The topological polar surface area (TPSA) is 39.3 Å². The number of hydrogen-bond acceptors (Lipinski definition) is 2. The predicted octanol–water partition coefficient (Wildman–Crippen LogP) is 14.4. The fourth-order valence-corrected chi connectivity index (χ4v) is 11.4. The van der Waals surface area contributed by atoms with E-state index in [0.29, 0.717) is 4.90 Å². The van der Waals surface area contributed by atoms with Gasteiger partial charge in [0.2, 0.25) is 0 Å². The summed E-state index contributed by atoms with van der Waals surface area (Å²) in [6.07, 6.45) is 0. The summed E-state index contributed by atoms with van der Waals surface area (Å²) in [5.41, 5.74) is 13.6. The molecule has 0 saturated heterocycles. The summed E-state index contributed by atoms with van der Waals surface area (Å²) in [7, 11) is -3.02. The van der Waals surface area contributed by atoms with E-state index in [9.17, 15) is 0 Å². The van der Waals surface area contributed by atoms with Crippen molar-refractivity contribution in [2.75, 3.05) is 0 Å². The molecule has 0 radical (unpaired) electrons. The van der Waals surface area contributed by atoms with E-state index in [0.717, 1.165) is 77.3 Å². The SMILES string of the molecule is O=S1(c2ccccc2)=Nc2c(-c3ccc4c(c3)c3ccccc3n4-c3ccccc3)cc(-c3ccc4c(c3)c3ccccc3n4-c3ccccc3)cc2-c2ccccc21. The summed E-state index contributed by atoms with van der Waals surface area (Å²) in [4.78, 5) is 1.44. The monoisotopic (exact) mass is 773 g/mol. The molecule has 59 heavy (non-hydrogen) atoms. The standard InChI is InChI=1S/C54H35N3OS/c58-59(41-20-8-3-9-21-41)53-27-15-12-24-44(53)48-35-38(36-28-30-51-46(32-36)42-22-10-13-25-49(42)56(51)39-16-4-1-5-17-39)34-45(54(48)55-59)37-29-31-52-47(33-37)43-23-11-14-26-50(43)57(52)40-18-6-2-7-19-40/h1-35H. The van der Waals surface area contributed by atoms with E-state index in [1.807, 2.05) is 48.5 Å². The average Bonchev–Trinajstić information content (AvgIpc) is 3.82. The Kier molecular flexibility index (Phi) is 7.43. The molecule has 0 aliphatic carbocycles. The fraction of sp³-hybridized carbons (Fsp3) is 0. The third kappa shape index (κ3) is 5.12. The highest BCUT2D eigenvalue weighted by Crippen LogP contribution is 2.51. The van der Waals surface area contributed by atoms with Crippen LogP contribution in [0.3, 0.4) is 0 Å². The number of benzene rings is 9. The van der Waals surface area contributed by atoms with Gasteiger partial charge in [-0.05, 0) is 108 Å². The van der Waals surface area contributed by atoms with Gasteiger partial charge < -0.3 is 9.13 Å². The van der Waals surface area contributed by atoms with Crippen LogP contribution in [0.2, 0.25) is 0 Å². The minimum absolute atomic E-state index is 0.703. The van der Waals surface area contributed by atoms with Crippen LogP contribution in [0.15, 0.2) is 226 Å².